The number of benzene rings is 1. The van der Waals surface area contributed by atoms with Crippen LogP contribution in [0.4, 0.5) is 0 Å². The number of aromatic amines is 1. The van der Waals surface area contributed by atoms with E-state index in [0.717, 1.165) is 40.0 Å². The number of ether oxygens (including phenoxy) is 1. The molecule has 0 spiro atoms. The van der Waals surface area contributed by atoms with Gasteiger partial charge in [0.15, 0.2) is 0 Å². The van der Waals surface area contributed by atoms with Crippen molar-refractivity contribution in [2.24, 2.45) is 5.92 Å². The van der Waals surface area contributed by atoms with Gasteiger partial charge >= 0.3 is 0 Å². The maximum Gasteiger partial charge on any atom is 0.138 e. The lowest BCUT2D eigenvalue weighted by Crippen LogP contribution is -1.96. The molecule has 4 nitrogen and oxygen atoms in total. The maximum absolute atomic E-state index is 8.91. The molecule has 3 aromatic rings. The molecular formula is C23H26N2O2. The van der Waals surface area contributed by atoms with E-state index in [9.17, 15) is 0 Å². The number of hydrogen-bond acceptors (Lipinski definition) is 3. The van der Waals surface area contributed by atoms with Crippen molar-refractivity contribution in [3.63, 3.8) is 0 Å². The second-order valence-electron chi connectivity index (χ2n) is 6.93. The Labute approximate surface area is 160 Å². The molecule has 0 fully saturated rings. The van der Waals surface area contributed by atoms with Crippen molar-refractivity contribution in [3.05, 3.63) is 47.7 Å². The Hall–Kier alpha value is -2.77. The number of nitrogens with one attached hydrogen (secondary N) is 1. The molecule has 4 heteroatoms. The zero-order valence-electron chi connectivity index (χ0n) is 16.2. The highest BCUT2D eigenvalue weighted by Gasteiger charge is 2.15. The summed E-state index contributed by atoms with van der Waals surface area (Å²) in [6.07, 6.45) is 3.21. The fourth-order valence-electron chi connectivity index (χ4n) is 3.16. The largest absolute Gasteiger partial charge is 0.494 e. The van der Waals surface area contributed by atoms with Gasteiger partial charge in [0.2, 0.25) is 0 Å². The van der Waals surface area contributed by atoms with Crippen LogP contribution < -0.4 is 4.74 Å². The average molecular weight is 362 g/mol. The van der Waals surface area contributed by atoms with Gasteiger partial charge in [-0.15, -0.1) is 0 Å². The van der Waals surface area contributed by atoms with Crippen LogP contribution in [0.1, 0.15) is 38.3 Å². The Morgan fingerprint density at radius 1 is 1.22 bits per heavy atom. The topological polar surface area (TPSA) is 58.1 Å². The van der Waals surface area contributed by atoms with Gasteiger partial charge in [-0.05, 0) is 60.7 Å². The van der Waals surface area contributed by atoms with Gasteiger partial charge in [-0.25, -0.2) is 4.98 Å². The number of hydrogen-bond donors (Lipinski definition) is 2. The second kappa shape index (κ2) is 8.75. The van der Waals surface area contributed by atoms with Gasteiger partial charge in [-0.1, -0.05) is 25.7 Å². The van der Waals surface area contributed by atoms with Crippen LogP contribution >= 0.6 is 0 Å². The lowest BCUT2D eigenvalue weighted by Gasteiger charge is -2.09. The molecule has 0 saturated heterocycles. The first-order valence-electron chi connectivity index (χ1n) is 9.46. The predicted molar refractivity (Wildman–Crippen MR) is 110 cm³/mol. The SMILES string of the molecule is CCOc1ccc(-c2[nH]c3ncc(C#CCCO)cc3c2CC(C)C)cc1. The molecule has 1 aromatic carbocycles. The zero-order chi connectivity index (χ0) is 19.2. The van der Waals surface area contributed by atoms with Crippen molar-refractivity contribution in [1.82, 2.24) is 9.97 Å². The van der Waals surface area contributed by atoms with Gasteiger partial charge in [0.05, 0.1) is 18.9 Å². The zero-order valence-corrected chi connectivity index (χ0v) is 16.2. The van der Waals surface area contributed by atoms with Crippen molar-refractivity contribution in [3.8, 4) is 28.8 Å². The summed E-state index contributed by atoms with van der Waals surface area (Å²) >= 11 is 0. The molecule has 2 aromatic heterocycles. The lowest BCUT2D eigenvalue weighted by molar-refractivity contribution is 0.305. The molecule has 0 unspecified atom stereocenters. The number of pyridine rings is 1. The molecular weight excluding hydrogens is 336 g/mol. The smallest absolute Gasteiger partial charge is 0.138 e. The Morgan fingerprint density at radius 2 is 2.00 bits per heavy atom. The number of nitrogens with zero attached hydrogens (tertiary/aromatic N) is 1. The maximum atomic E-state index is 8.91. The first-order chi connectivity index (χ1) is 13.1. The van der Waals surface area contributed by atoms with Gasteiger partial charge in [0, 0.05) is 23.6 Å². The van der Waals surface area contributed by atoms with E-state index < -0.39 is 0 Å². The van der Waals surface area contributed by atoms with Gasteiger partial charge in [0.25, 0.3) is 0 Å². The molecule has 140 valence electrons. The van der Waals surface area contributed by atoms with Crippen LogP contribution in [0, 0.1) is 17.8 Å². The van der Waals surface area contributed by atoms with Crippen molar-refractivity contribution < 1.29 is 9.84 Å². The molecule has 0 aliphatic heterocycles. The molecule has 0 radical (unpaired) electrons. The summed E-state index contributed by atoms with van der Waals surface area (Å²) in [5.74, 6) is 7.45. The lowest BCUT2D eigenvalue weighted by atomic mass is 9.97. The minimum Gasteiger partial charge on any atom is -0.494 e. The Balaban J connectivity index is 2.07. The molecule has 0 aliphatic carbocycles. The average Bonchev–Trinajstić information content (AvgIpc) is 3.00. The highest BCUT2D eigenvalue weighted by molar-refractivity contribution is 5.89. The van der Waals surface area contributed by atoms with Crippen LogP contribution in [0.15, 0.2) is 36.5 Å². The fourth-order valence-corrected chi connectivity index (χ4v) is 3.16. The van der Waals surface area contributed by atoms with Crippen LogP contribution in [0.5, 0.6) is 5.75 Å². The molecule has 2 heterocycles. The molecule has 0 bridgehead atoms. The first-order valence-corrected chi connectivity index (χ1v) is 9.46. The van der Waals surface area contributed by atoms with E-state index in [1.165, 1.54) is 5.56 Å². The highest BCUT2D eigenvalue weighted by atomic mass is 16.5. The molecule has 27 heavy (non-hydrogen) atoms. The van der Waals surface area contributed by atoms with Gasteiger partial charge < -0.3 is 14.8 Å². The monoisotopic (exact) mass is 362 g/mol. The Bertz CT molecular complexity index is 960. The van der Waals surface area contributed by atoms with E-state index >= 15 is 0 Å². The van der Waals surface area contributed by atoms with Gasteiger partial charge in [-0.2, -0.15) is 0 Å². The van der Waals surface area contributed by atoms with Gasteiger partial charge in [0.1, 0.15) is 11.4 Å². The van der Waals surface area contributed by atoms with Crippen LogP contribution in [0.3, 0.4) is 0 Å². The molecule has 2 N–H and O–H groups in total. The summed E-state index contributed by atoms with van der Waals surface area (Å²) in [5.41, 5.74) is 5.25. The highest BCUT2D eigenvalue weighted by Crippen LogP contribution is 2.32. The van der Waals surface area contributed by atoms with Crippen LogP contribution in [-0.2, 0) is 6.42 Å². The summed E-state index contributed by atoms with van der Waals surface area (Å²) in [6, 6.07) is 10.3. The molecule has 0 aliphatic rings. The van der Waals surface area contributed by atoms with E-state index in [-0.39, 0.29) is 6.61 Å². The molecule has 0 atom stereocenters. The normalized spacial score (nSPS) is 10.9. The number of rotatable bonds is 6. The third kappa shape index (κ3) is 4.50. The van der Waals surface area contributed by atoms with E-state index in [2.05, 4.69) is 53.9 Å². The number of aliphatic hydroxyl groups excluding tert-OH is 1. The Morgan fingerprint density at radius 3 is 2.67 bits per heavy atom. The fraction of sp³-hybridized carbons (Fsp3) is 0.348. The standard InChI is InChI=1S/C23H26N2O2/c1-4-27-19-10-8-18(9-11-19)22-20(13-16(2)3)21-14-17(7-5-6-12-26)15-24-23(21)25-22/h8-11,14-16,26H,4,6,12-13H2,1-3H3,(H,24,25). The van der Waals surface area contributed by atoms with Crippen molar-refractivity contribution in [2.75, 3.05) is 13.2 Å². The van der Waals surface area contributed by atoms with E-state index in [1.807, 2.05) is 19.1 Å². The minimum atomic E-state index is 0.0767. The quantitative estimate of drug-likeness (QED) is 0.632. The summed E-state index contributed by atoms with van der Waals surface area (Å²) < 4.78 is 5.56. The third-order valence-corrected chi connectivity index (χ3v) is 4.29. The summed E-state index contributed by atoms with van der Waals surface area (Å²) in [4.78, 5) is 8.07. The van der Waals surface area contributed by atoms with E-state index in [0.29, 0.717) is 18.9 Å². The van der Waals surface area contributed by atoms with E-state index in [4.69, 9.17) is 9.84 Å². The van der Waals surface area contributed by atoms with Gasteiger partial charge in [-0.3, -0.25) is 0 Å². The molecule has 0 saturated carbocycles. The summed E-state index contributed by atoms with van der Waals surface area (Å²) in [6.45, 7) is 7.17. The predicted octanol–water partition coefficient (Wildman–Crippen LogP) is 4.56. The third-order valence-electron chi connectivity index (χ3n) is 4.29. The van der Waals surface area contributed by atoms with Crippen LogP contribution in [0.25, 0.3) is 22.3 Å². The van der Waals surface area contributed by atoms with Crippen molar-refractivity contribution >= 4 is 11.0 Å². The number of aliphatic hydroxyl groups is 1. The number of fused-ring (bicyclic) bond motifs is 1. The van der Waals surface area contributed by atoms with Crippen LogP contribution in [0.2, 0.25) is 0 Å². The second-order valence-corrected chi connectivity index (χ2v) is 6.93. The Kier molecular flexibility index (Phi) is 6.16. The van der Waals surface area contributed by atoms with Crippen molar-refractivity contribution in [1.29, 1.82) is 0 Å². The van der Waals surface area contributed by atoms with Crippen molar-refractivity contribution in [2.45, 2.75) is 33.6 Å². The minimum absolute atomic E-state index is 0.0767. The summed E-state index contributed by atoms with van der Waals surface area (Å²) in [7, 11) is 0. The first kappa shape index (κ1) is 19.0. The van der Waals surface area contributed by atoms with Crippen LogP contribution in [-0.4, -0.2) is 28.3 Å². The molecule has 3 rings (SSSR count). The van der Waals surface area contributed by atoms with E-state index in [1.54, 1.807) is 6.20 Å². The number of aromatic nitrogens is 2. The number of H-pyrrole nitrogens is 1. The summed E-state index contributed by atoms with van der Waals surface area (Å²) in [5, 5.41) is 10.0. The molecule has 0 amide bonds.